The Morgan fingerprint density at radius 3 is 2.70 bits per heavy atom. The van der Waals surface area contributed by atoms with Crippen LogP contribution in [0.1, 0.15) is 56.2 Å². The van der Waals surface area contributed by atoms with Gasteiger partial charge in [-0.3, -0.25) is 4.98 Å². The normalized spacial score (nSPS) is 31.6. The Labute approximate surface area is 122 Å². The number of aromatic nitrogens is 1. The number of aryl methyl sites for hydroxylation is 1. The number of rotatable bonds is 3. The highest BCUT2D eigenvalue weighted by atomic mass is 16.3. The van der Waals surface area contributed by atoms with Gasteiger partial charge in [-0.25, -0.2) is 0 Å². The average molecular weight is 273 g/mol. The van der Waals surface area contributed by atoms with Crippen molar-refractivity contribution in [1.29, 1.82) is 0 Å². The van der Waals surface area contributed by atoms with Crippen LogP contribution < -0.4 is 0 Å². The maximum absolute atomic E-state index is 10.5. The number of aliphatic hydroxyl groups excluding tert-OH is 1. The van der Waals surface area contributed by atoms with E-state index < -0.39 is 0 Å². The lowest BCUT2D eigenvalue weighted by atomic mass is 9.66. The lowest BCUT2D eigenvalue weighted by Crippen LogP contribution is -2.34. The summed E-state index contributed by atoms with van der Waals surface area (Å²) in [5, 5.41) is 10.5. The van der Waals surface area contributed by atoms with Crippen molar-refractivity contribution in [3.63, 3.8) is 0 Å². The van der Waals surface area contributed by atoms with Gasteiger partial charge < -0.3 is 5.11 Å². The van der Waals surface area contributed by atoms with E-state index in [1.54, 1.807) is 0 Å². The molecule has 110 valence electrons. The Kier molecular flexibility index (Phi) is 4.40. The Bertz CT molecular complexity index is 428. The van der Waals surface area contributed by atoms with Crippen LogP contribution in [0, 0.1) is 24.7 Å². The number of hydrogen-bond donors (Lipinski definition) is 1. The minimum Gasteiger partial charge on any atom is -0.392 e. The molecule has 2 aliphatic carbocycles. The average Bonchev–Trinajstić information content (AvgIpc) is 2.49. The molecule has 1 aromatic rings. The Balaban J connectivity index is 1.57. The monoisotopic (exact) mass is 273 g/mol. The summed E-state index contributed by atoms with van der Waals surface area (Å²) in [6.07, 6.45) is 11.9. The second kappa shape index (κ2) is 6.26. The highest BCUT2D eigenvalue weighted by Crippen LogP contribution is 2.43. The van der Waals surface area contributed by atoms with Gasteiger partial charge in [0.25, 0.3) is 0 Å². The molecule has 0 spiro atoms. The maximum atomic E-state index is 10.5. The molecule has 20 heavy (non-hydrogen) atoms. The van der Waals surface area contributed by atoms with Gasteiger partial charge in [-0.15, -0.1) is 0 Å². The van der Waals surface area contributed by atoms with Gasteiger partial charge >= 0.3 is 0 Å². The van der Waals surface area contributed by atoms with Crippen LogP contribution in [0.15, 0.2) is 18.3 Å². The molecule has 0 radical (unpaired) electrons. The number of fused-ring (bicyclic) bond motifs is 1. The summed E-state index contributed by atoms with van der Waals surface area (Å²) in [4.78, 5) is 4.43. The quantitative estimate of drug-likeness (QED) is 0.906. The molecule has 4 atom stereocenters. The van der Waals surface area contributed by atoms with Crippen LogP contribution in [0.5, 0.6) is 0 Å². The summed E-state index contributed by atoms with van der Waals surface area (Å²) in [5.41, 5.74) is 2.22. The summed E-state index contributed by atoms with van der Waals surface area (Å²) >= 11 is 0. The van der Waals surface area contributed by atoms with E-state index in [9.17, 15) is 5.11 Å². The zero-order valence-corrected chi connectivity index (χ0v) is 12.6. The van der Waals surface area contributed by atoms with E-state index in [2.05, 4.69) is 24.0 Å². The minimum absolute atomic E-state index is 0.201. The third-order valence-electron chi connectivity index (χ3n) is 5.52. The van der Waals surface area contributed by atoms with Crippen LogP contribution in [0.4, 0.5) is 0 Å². The molecule has 2 fully saturated rings. The SMILES string of the molecule is Cc1ccc(CC(O)C2CCC3CCCCC3C2)nc1. The van der Waals surface area contributed by atoms with Gasteiger partial charge in [0.1, 0.15) is 0 Å². The number of aliphatic hydroxyl groups is 1. The van der Waals surface area contributed by atoms with Gasteiger partial charge in [0.2, 0.25) is 0 Å². The molecule has 0 amide bonds. The first kappa shape index (κ1) is 14.1. The highest BCUT2D eigenvalue weighted by molar-refractivity contribution is 5.13. The van der Waals surface area contributed by atoms with Gasteiger partial charge in [-0.1, -0.05) is 31.7 Å². The Hall–Kier alpha value is -0.890. The lowest BCUT2D eigenvalue weighted by Gasteiger charge is -2.40. The maximum Gasteiger partial charge on any atom is 0.0623 e. The van der Waals surface area contributed by atoms with E-state index in [1.165, 1.54) is 50.5 Å². The standard InChI is InChI=1S/C18H27NO/c1-13-6-9-17(19-12-13)11-18(20)16-8-7-14-4-2-3-5-15(14)10-16/h6,9,12,14-16,18,20H,2-5,7-8,10-11H2,1H3. The molecule has 1 aromatic heterocycles. The van der Waals surface area contributed by atoms with Crippen molar-refractivity contribution in [2.75, 3.05) is 0 Å². The van der Waals surface area contributed by atoms with Crippen LogP contribution in [0.2, 0.25) is 0 Å². The zero-order valence-electron chi connectivity index (χ0n) is 12.6. The fourth-order valence-corrected chi connectivity index (χ4v) is 4.26. The second-order valence-corrected chi connectivity index (χ2v) is 6.98. The van der Waals surface area contributed by atoms with E-state index in [4.69, 9.17) is 0 Å². The topological polar surface area (TPSA) is 33.1 Å². The highest BCUT2D eigenvalue weighted by Gasteiger charge is 2.34. The van der Waals surface area contributed by atoms with Crippen LogP contribution in [-0.4, -0.2) is 16.2 Å². The van der Waals surface area contributed by atoms with Crippen molar-refractivity contribution < 1.29 is 5.11 Å². The van der Waals surface area contributed by atoms with Crippen molar-refractivity contribution in [3.8, 4) is 0 Å². The van der Waals surface area contributed by atoms with Crippen molar-refractivity contribution in [2.45, 2.75) is 64.4 Å². The molecule has 0 aliphatic heterocycles. The number of hydrogen-bond acceptors (Lipinski definition) is 2. The molecule has 1 N–H and O–H groups in total. The first-order valence-electron chi connectivity index (χ1n) is 8.32. The number of pyridine rings is 1. The van der Waals surface area contributed by atoms with E-state index in [0.717, 1.165) is 24.0 Å². The van der Waals surface area contributed by atoms with Crippen LogP contribution in [0.25, 0.3) is 0 Å². The van der Waals surface area contributed by atoms with Crippen molar-refractivity contribution in [2.24, 2.45) is 17.8 Å². The second-order valence-electron chi connectivity index (χ2n) is 6.98. The van der Waals surface area contributed by atoms with Crippen LogP contribution in [-0.2, 0) is 6.42 Å². The predicted molar refractivity (Wildman–Crippen MR) is 81.5 cm³/mol. The summed E-state index contributed by atoms with van der Waals surface area (Å²) < 4.78 is 0. The van der Waals surface area contributed by atoms with Crippen molar-refractivity contribution in [3.05, 3.63) is 29.6 Å². The molecule has 2 nitrogen and oxygen atoms in total. The summed E-state index contributed by atoms with van der Waals surface area (Å²) in [5.74, 6) is 2.35. The molecule has 3 rings (SSSR count). The molecule has 4 unspecified atom stereocenters. The fraction of sp³-hybridized carbons (Fsp3) is 0.722. The van der Waals surface area contributed by atoms with Gasteiger partial charge in [0, 0.05) is 18.3 Å². The van der Waals surface area contributed by atoms with Crippen molar-refractivity contribution in [1.82, 2.24) is 4.98 Å². The Morgan fingerprint density at radius 2 is 1.95 bits per heavy atom. The van der Waals surface area contributed by atoms with E-state index in [0.29, 0.717) is 5.92 Å². The largest absolute Gasteiger partial charge is 0.392 e. The molecule has 1 heterocycles. The summed E-state index contributed by atoms with van der Waals surface area (Å²) in [6.45, 7) is 2.05. The van der Waals surface area contributed by atoms with Gasteiger partial charge in [0.15, 0.2) is 0 Å². The van der Waals surface area contributed by atoms with Crippen molar-refractivity contribution >= 4 is 0 Å². The van der Waals surface area contributed by atoms with E-state index in [1.807, 2.05) is 6.20 Å². The molecule has 0 bridgehead atoms. The lowest BCUT2D eigenvalue weighted by molar-refractivity contribution is 0.0356. The molecule has 0 aromatic carbocycles. The zero-order chi connectivity index (χ0) is 13.9. The first-order valence-corrected chi connectivity index (χ1v) is 8.32. The molecule has 0 saturated heterocycles. The van der Waals surface area contributed by atoms with Crippen LogP contribution in [0.3, 0.4) is 0 Å². The molecule has 2 saturated carbocycles. The Morgan fingerprint density at radius 1 is 1.15 bits per heavy atom. The van der Waals surface area contributed by atoms with E-state index >= 15 is 0 Å². The summed E-state index contributed by atoms with van der Waals surface area (Å²) in [6, 6.07) is 4.15. The molecule has 2 heteroatoms. The van der Waals surface area contributed by atoms with Crippen LogP contribution >= 0.6 is 0 Å². The molecular formula is C18H27NO. The van der Waals surface area contributed by atoms with Gasteiger partial charge in [-0.2, -0.15) is 0 Å². The molecule has 2 aliphatic rings. The third-order valence-corrected chi connectivity index (χ3v) is 5.52. The van der Waals surface area contributed by atoms with Gasteiger partial charge in [-0.05, 0) is 55.6 Å². The predicted octanol–water partition coefficient (Wildman–Crippen LogP) is 3.90. The summed E-state index contributed by atoms with van der Waals surface area (Å²) in [7, 11) is 0. The smallest absolute Gasteiger partial charge is 0.0623 e. The minimum atomic E-state index is -0.201. The fourth-order valence-electron chi connectivity index (χ4n) is 4.26. The molecular weight excluding hydrogens is 246 g/mol. The number of nitrogens with zero attached hydrogens (tertiary/aromatic N) is 1. The third kappa shape index (κ3) is 3.22. The first-order chi connectivity index (χ1) is 9.72. The van der Waals surface area contributed by atoms with Gasteiger partial charge in [0.05, 0.1) is 6.10 Å². The van der Waals surface area contributed by atoms with E-state index in [-0.39, 0.29) is 6.10 Å².